The number of ketones is 1. The highest BCUT2D eigenvalue weighted by Crippen LogP contribution is 2.33. The van der Waals surface area contributed by atoms with Crippen LogP contribution in [0.1, 0.15) is 38.5 Å². The van der Waals surface area contributed by atoms with Gasteiger partial charge in [0.05, 0.1) is 25.8 Å². The smallest absolute Gasteiger partial charge is 0.239 e. The Morgan fingerprint density at radius 2 is 2.00 bits per heavy atom. The Hall–Kier alpha value is -1.47. The lowest BCUT2D eigenvalue weighted by molar-refractivity contribution is -0.132. The number of hydrogen-bond donors (Lipinski definition) is 3. The van der Waals surface area contributed by atoms with Crippen molar-refractivity contribution in [2.45, 2.75) is 50.2 Å². The first-order chi connectivity index (χ1) is 10.6. The number of carbonyl (C=O) groups excluding carboxylic acids is 3. The van der Waals surface area contributed by atoms with E-state index < -0.39 is 17.6 Å². The molecular weight excluding hydrogens is 288 g/mol. The molecule has 0 aromatic rings. The molecule has 1 heterocycles. The van der Waals surface area contributed by atoms with Gasteiger partial charge in [-0.1, -0.05) is 32.1 Å². The second-order valence-electron chi connectivity index (χ2n) is 6.16. The Kier molecular flexibility index (Phi) is 5.90. The highest BCUT2D eigenvalue weighted by molar-refractivity contribution is 5.97. The molecule has 0 radical (unpaired) electrons. The Balaban J connectivity index is 1.97. The third-order valence-electron chi connectivity index (χ3n) is 4.49. The maximum Gasteiger partial charge on any atom is 0.239 e. The van der Waals surface area contributed by atoms with Gasteiger partial charge in [0.1, 0.15) is 0 Å². The maximum absolute atomic E-state index is 12.6. The van der Waals surface area contributed by atoms with Gasteiger partial charge in [-0.3, -0.25) is 14.4 Å². The van der Waals surface area contributed by atoms with E-state index in [-0.39, 0.29) is 25.5 Å². The zero-order chi connectivity index (χ0) is 16.0. The van der Waals surface area contributed by atoms with Gasteiger partial charge in [0.2, 0.25) is 12.3 Å². The Morgan fingerprint density at radius 3 is 2.55 bits per heavy atom. The van der Waals surface area contributed by atoms with Crippen LogP contribution in [-0.4, -0.2) is 54.6 Å². The van der Waals surface area contributed by atoms with Gasteiger partial charge in [-0.15, -0.1) is 0 Å². The highest BCUT2D eigenvalue weighted by atomic mass is 16.6. The molecule has 0 spiro atoms. The van der Waals surface area contributed by atoms with Gasteiger partial charge in [-0.25, -0.2) is 0 Å². The molecule has 2 atom stereocenters. The van der Waals surface area contributed by atoms with Crippen LogP contribution in [-0.2, 0) is 19.1 Å². The second-order valence-corrected chi connectivity index (χ2v) is 6.16. The summed E-state index contributed by atoms with van der Waals surface area (Å²) >= 11 is 0. The fourth-order valence-electron chi connectivity index (χ4n) is 3.08. The molecule has 2 amide bonds. The number of amides is 2. The first kappa shape index (κ1) is 16.9. The summed E-state index contributed by atoms with van der Waals surface area (Å²) in [5.74, 6) is -0.272. The highest BCUT2D eigenvalue weighted by Gasteiger charge is 2.54. The standard InChI is InChI=1S/C15H24N2O5/c18-8-15(9-22-15)14(21)12(17-13(20)7-16-10-19)6-11-4-2-1-3-5-11/h10-12,18H,1-9H2,(H,16,19)(H,17,20)/t12-,15+/m0/s1. The van der Waals surface area contributed by atoms with E-state index in [1.807, 2.05) is 0 Å². The molecular formula is C15H24N2O5. The first-order valence-corrected chi connectivity index (χ1v) is 7.87. The number of aliphatic hydroxyl groups is 1. The number of rotatable bonds is 9. The van der Waals surface area contributed by atoms with Crippen molar-refractivity contribution in [2.75, 3.05) is 19.8 Å². The van der Waals surface area contributed by atoms with Crippen LogP contribution in [0.2, 0.25) is 0 Å². The molecule has 0 unspecified atom stereocenters. The van der Waals surface area contributed by atoms with Crippen molar-refractivity contribution in [2.24, 2.45) is 5.92 Å². The van der Waals surface area contributed by atoms with Gasteiger partial charge >= 0.3 is 0 Å². The van der Waals surface area contributed by atoms with Crippen LogP contribution in [0.4, 0.5) is 0 Å². The first-order valence-electron chi connectivity index (χ1n) is 7.87. The average Bonchev–Trinajstić information content (AvgIpc) is 3.34. The normalized spacial score (nSPS) is 26.0. The Labute approximate surface area is 129 Å². The summed E-state index contributed by atoms with van der Waals surface area (Å²) in [4.78, 5) is 34.6. The molecule has 2 rings (SSSR count). The van der Waals surface area contributed by atoms with Gasteiger partial charge in [-0.05, 0) is 12.3 Å². The van der Waals surface area contributed by atoms with Crippen molar-refractivity contribution >= 4 is 18.1 Å². The summed E-state index contributed by atoms with van der Waals surface area (Å²) < 4.78 is 5.12. The van der Waals surface area contributed by atoms with Gasteiger partial charge in [0.25, 0.3) is 0 Å². The molecule has 1 aliphatic carbocycles. The number of carbonyl (C=O) groups is 3. The van der Waals surface area contributed by atoms with E-state index >= 15 is 0 Å². The van der Waals surface area contributed by atoms with E-state index in [0.717, 1.165) is 25.7 Å². The van der Waals surface area contributed by atoms with Crippen LogP contribution >= 0.6 is 0 Å². The molecule has 3 N–H and O–H groups in total. The minimum absolute atomic E-state index is 0.162. The lowest BCUT2D eigenvalue weighted by atomic mass is 9.82. The summed E-state index contributed by atoms with van der Waals surface area (Å²) in [6.07, 6.45) is 6.63. The molecule has 1 saturated carbocycles. The zero-order valence-corrected chi connectivity index (χ0v) is 12.7. The van der Waals surface area contributed by atoms with E-state index in [4.69, 9.17) is 4.74 Å². The monoisotopic (exact) mass is 312 g/mol. The van der Waals surface area contributed by atoms with Crippen molar-refractivity contribution in [3.05, 3.63) is 0 Å². The van der Waals surface area contributed by atoms with Crippen LogP contribution in [0.15, 0.2) is 0 Å². The molecule has 0 bridgehead atoms. The maximum atomic E-state index is 12.6. The number of nitrogens with one attached hydrogen (secondary N) is 2. The van der Waals surface area contributed by atoms with Gasteiger partial charge in [0, 0.05) is 0 Å². The second kappa shape index (κ2) is 7.69. The lowest BCUT2D eigenvalue weighted by Crippen LogP contribution is -2.50. The van der Waals surface area contributed by atoms with Crippen molar-refractivity contribution in [1.82, 2.24) is 10.6 Å². The molecule has 22 heavy (non-hydrogen) atoms. The fraction of sp³-hybridized carbons (Fsp3) is 0.800. The molecule has 0 aromatic heterocycles. The van der Waals surface area contributed by atoms with Crippen LogP contribution < -0.4 is 10.6 Å². The van der Waals surface area contributed by atoms with Crippen LogP contribution in [0.25, 0.3) is 0 Å². The number of hydrogen-bond acceptors (Lipinski definition) is 5. The van der Waals surface area contributed by atoms with Crippen molar-refractivity contribution in [3.63, 3.8) is 0 Å². The van der Waals surface area contributed by atoms with E-state index in [0.29, 0.717) is 18.7 Å². The summed E-state index contributed by atoms with van der Waals surface area (Å²) in [6, 6.07) is -0.668. The van der Waals surface area contributed by atoms with Gasteiger partial charge in [-0.2, -0.15) is 0 Å². The summed E-state index contributed by atoms with van der Waals surface area (Å²) in [5, 5.41) is 14.3. The van der Waals surface area contributed by atoms with Crippen LogP contribution in [0, 0.1) is 5.92 Å². The Morgan fingerprint density at radius 1 is 1.32 bits per heavy atom. The minimum atomic E-state index is -1.13. The molecule has 7 nitrogen and oxygen atoms in total. The number of Topliss-reactive ketones (excluding diaryl/α,β-unsaturated/α-hetero) is 1. The largest absolute Gasteiger partial charge is 0.393 e. The van der Waals surface area contributed by atoms with Crippen LogP contribution in [0.3, 0.4) is 0 Å². The van der Waals surface area contributed by atoms with Crippen LogP contribution in [0.5, 0.6) is 0 Å². The zero-order valence-electron chi connectivity index (χ0n) is 12.7. The van der Waals surface area contributed by atoms with Gasteiger partial charge in [0.15, 0.2) is 11.4 Å². The summed E-state index contributed by atoms with van der Waals surface area (Å²) in [6.45, 7) is -0.327. The molecule has 124 valence electrons. The quantitative estimate of drug-likeness (QED) is 0.393. The topological polar surface area (TPSA) is 108 Å². The molecule has 0 aromatic carbocycles. The molecule has 2 aliphatic rings. The fourth-order valence-corrected chi connectivity index (χ4v) is 3.08. The molecule has 2 fully saturated rings. The Bertz CT molecular complexity index is 416. The summed E-state index contributed by atoms with van der Waals surface area (Å²) in [5.41, 5.74) is -1.13. The predicted octanol–water partition coefficient (Wildman–Crippen LogP) is -0.482. The molecule has 1 saturated heterocycles. The third-order valence-corrected chi connectivity index (χ3v) is 4.49. The van der Waals surface area contributed by atoms with E-state index in [2.05, 4.69) is 10.6 Å². The lowest BCUT2D eigenvalue weighted by Gasteiger charge is -2.27. The summed E-state index contributed by atoms with van der Waals surface area (Å²) in [7, 11) is 0. The molecule has 7 heteroatoms. The number of ether oxygens (including phenoxy) is 1. The van der Waals surface area contributed by atoms with E-state index in [1.54, 1.807) is 0 Å². The SMILES string of the molecule is O=CNCC(=O)N[C@@H](CC1CCCCC1)C(=O)[C@@]1(CO)CO1. The third kappa shape index (κ3) is 4.27. The predicted molar refractivity (Wildman–Crippen MR) is 78.0 cm³/mol. The average molecular weight is 312 g/mol. The number of epoxide rings is 1. The van der Waals surface area contributed by atoms with Crippen molar-refractivity contribution in [3.8, 4) is 0 Å². The number of aliphatic hydroxyl groups excluding tert-OH is 1. The van der Waals surface area contributed by atoms with E-state index in [9.17, 15) is 19.5 Å². The van der Waals surface area contributed by atoms with Gasteiger partial charge < -0.3 is 20.5 Å². The van der Waals surface area contributed by atoms with Crippen molar-refractivity contribution < 1.29 is 24.2 Å². The van der Waals surface area contributed by atoms with Crippen molar-refractivity contribution in [1.29, 1.82) is 0 Å². The minimum Gasteiger partial charge on any atom is -0.393 e. The molecule has 1 aliphatic heterocycles. The van der Waals surface area contributed by atoms with E-state index in [1.165, 1.54) is 6.42 Å².